The molecule has 3 N–H and O–H groups in total. The van der Waals surface area contributed by atoms with E-state index in [0.29, 0.717) is 25.9 Å². The Kier molecular flexibility index (Phi) is 55.5. The molecule has 2 atom stereocenters. The second-order valence-corrected chi connectivity index (χ2v) is 20.7. The average Bonchev–Trinajstić information content (AvgIpc) is 3.33. The Morgan fingerprint density at radius 1 is 0.403 bits per heavy atom. The number of unbranched alkanes of at least 4 members (excludes halogenated alkanes) is 41. The number of rotatable bonds is 56. The Labute approximate surface area is 418 Å². The maximum Gasteiger partial charge on any atom is 0.305 e. The summed E-state index contributed by atoms with van der Waals surface area (Å²) in [4.78, 5) is 24.6. The summed E-state index contributed by atoms with van der Waals surface area (Å²) in [5.41, 5.74) is 0. The van der Waals surface area contributed by atoms with Gasteiger partial charge in [0.1, 0.15) is 0 Å². The Balaban J connectivity index is 3.48. The van der Waals surface area contributed by atoms with Crippen LogP contribution in [0.5, 0.6) is 0 Å². The number of hydrogen-bond acceptors (Lipinski definition) is 5. The number of nitrogens with one attached hydrogen (secondary N) is 1. The third-order valence-electron chi connectivity index (χ3n) is 14.0. The summed E-state index contributed by atoms with van der Waals surface area (Å²) in [6, 6.07) is -0.563. The lowest BCUT2D eigenvalue weighted by molar-refractivity contribution is -0.143. The van der Waals surface area contributed by atoms with Crippen molar-refractivity contribution in [3.05, 3.63) is 24.3 Å². The number of allylic oxidation sites excluding steroid dienone is 4. The Bertz CT molecular complexity index is 1040. The fourth-order valence-corrected chi connectivity index (χ4v) is 9.34. The standard InChI is InChI=1S/C61H117NO5/c1-3-5-7-9-11-13-15-17-19-21-23-25-26-28-30-33-37-41-45-49-53-59(64)58(57-63)62-60(65)54-50-46-42-38-34-32-36-40-44-48-52-56-67-61(66)55-51-47-43-39-35-31-29-27-24-22-20-18-16-14-12-10-8-6-4-2/h18,20,36,40,58-59,63-64H,3-17,19,21-35,37-39,41-57H2,1-2H3,(H,62,65)/b20-18-,40-36-. The van der Waals surface area contributed by atoms with Crippen LogP contribution in [0.4, 0.5) is 0 Å². The molecule has 0 bridgehead atoms. The SMILES string of the molecule is CCCCCCCC/C=C\CCCCCCCCCCCC(=O)OCCCC/C=C\CCCCCCCC(=O)NC(CO)C(O)CCCCCCCCCCCCCCCCCCCCCC. The molecule has 0 aliphatic heterocycles. The van der Waals surface area contributed by atoms with Crippen molar-refractivity contribution in [2.24, 2.45) is 0 Å². The van der Waals surface area contributed by atoms with E-state index in [1.165, 1.54) is 212 Å². The molecule has 6 heteroatoms. The second-order valence-electron chi connectivity index (χ2n) is 20.7. The summed E-state index contributed by atoms with van der Waals surface area (Å²) in [6.45, 7) is 4.89. The molecule has 0 rings (SSSR count). The summed E-state index contributed by atoms with van der Waals surface area (Å²) >= 11 is 0. The van der Waals surface area contributed by atoms with E-state index in [1.54, 1.807) is 0 Å². The molecule has 396 valence electrons. The van der Waals surface area contributed by atoms with Crippen LogP contribution in [0.2, 0.25) is 0 Å². The fourth-order valence-electron chi connectivity index (χ4n) is 9.34. The van der Waals surface area contributed by atoms with Gasteiger partial charge in [-0.25, -0.2) is 0 Å². The smallest absolute Gasteiger partial charge is 0.305 e. The second kappa shape index (κ2) is 56.9. The molecule has 0 aliphatic rings. The number of carbonyl (C=O) groups excluding carboxylic acids is 2. The summed E-state index contributed by atoms with van der Waals surface area (Å²) in [5, 5.41) is 23.3. The molecule has 0 fully saturated rings. The third kappa shape index (κ3) is 53.5. The van der Waals surface area contributed by atoms with Crippen molar-refractivity contribution in [3.63, 3.8) is 0 Å². The number of aliphatic hydroxyl groups is 2. The van der Waals surface area contributed by atoms with Crippen LogP contribution >= 0.6 is 0 Å². The van der Waals surface area contributed by atoms with Crippen LogP contribution in [-0.4, -0.2) is 47.4 Å². The maximum absolute atomic E-state index is 12.5. The summed E-state index contributed by atoms with van der Waals surface area (Å²) < 4.78 is 5.46. The van der Waals surface area contributed by atoms with Gasteiger partial charge in [0.05, 0.1) is 25.4 Å². The minimum Gasteiger partial charge on any atom is -0.466 e. The van der Waals surface area contributed by atoms with Crippen LogP contribution in [0.3, 0.4) is 0 Å². The van der Waals surface area contributed by atoms with Crippen LogP contribution in [0.1, 0.15) is 328 Å². The molecule has 0 aromatic rings. The molecule has 0 saturated heterocycles. The van der Waals surface area contributed by atoms with E-state index in [9.17, 15) is 19.8 Å². The predicted octanol–water partition coefficient (Wildman–Crippen LogP) is 18.6. The number of amides is 1. The molecule has 6 nitrogen and oxygen atoms in total. The fraction of sp³-hybridized carbons (Fsp3) is 0.902. The van der Waals surface area contributed by atoms with Gasteiger partial charge in [0, 0.05) is 12.8 Å². The van der Waals surface area contributed by atoms with Crippen LogP contribution in [0.15, 0.2) is 24.3 Å². The maximum atomic E-state index is 12.5. The van der Waals surface area contributed by atoms with E-state index in [-0.39, 0.29) is 18.5 Å². The third-order valence-corrected chi connectivity index (χ3v) is 14.0. The Morgan fingerprint density at radius 3 is 1.06 bits per heavy atom. The van der Waals surface area contributed by atoms with Gasteiger partial charge < -0.3 is 20.3 Å². The number of hydrogen-bond donors (Lipinski definition) is 3. The van der Waals surface area contributed by atoms with E-state index in [1.807, 2.05) is 0 Å². The van der Waals surface area contributed by atoms with Gasteiger partial charge in [0.25, 0.3) is 0 Å². The van der Waals surface area contributed by atoms with Gasteiger partial charge in [0.15, 0.2) is 0 Å². The van der Waals surface area contributed by atoms with Crippen molar-refractivity contribution in [1.82, 2.24) is 5.32 Å². The Hall–Kier alpha value is -1.66. The highest BCUT2D eigenvalue weighted by Crippen LogP contribution is 2.17. The van der Waals surface area contributed by atoms with E-state index in [0.717, 1.165) is 83.5 Å². The summed E-state index contributed by atoms with van der Waals surface area (Å²) in [7, 11) is 0. The van der Waals surface area contributed by atoms with E-state index < -0.39 is 12.1 Å². The molecule has 0 aliphatic carbocycles. The molecule has 0 radical (unpaired) electrons. The van der Waals surface area contributed by atoms with Crippen LogP contribution in [0, 0.1) is 0 Å². The van der Waals surface area contributed by atoms with E-state index >= 15 is 0 Å². The van der Waals surface area contributed by atoms with Crippen LogP contribution < -0.4 is 5.32 Å². The topological polar surface area (TPSA) is 95.9 Å². The van der Waals surface area contributed by atoms with Gasteiger partial charge in [-0.05, 0) is 77.0 Å². The minimum absolute atomic E-state index is 0.0308. The number of carbonyl (C=O) groups is 2. The highest BCUT2D eigenvalue weighted by Gasteiger charge is 2.20. The van der Waals surface area contributed by atoms with Gasteiger partial charge in [-0.3, -0.25) is 9.59 Å². The van der Waals surface area contributed by atoms with E-state index in [4.69, 9.17) is 4.74 Å². The molecule has 0 heterocycles. The highest BCUT2D eigenvalue weighted by molar-refractivity contribution is 5.76. The molecule has 1 amide bonds. The highest BCUT2D eigenvalue weighted by atomic mass is 16.5. The van der Waals surface area contributed by atoms with Crippen molar-refractivity contribution in [2.45, 2.75) is 341 Å². The van der Waals surface area contributed by atoms with Gasteiger partial charge in [-0.1, -0.05) is 263 Å². The largest absolute Gasteiger partial charge is 0.466 e. The van der Waals surface area contributed by atoms with Crippen LogP contribution in [-0.2, 0) is 14.3 Å². The first-order valence-corrected chi connectivity index (χ1v) is 30.1. The normalized spacial score (nSPS) is 12.7. The lowest BCUT2D eigenvalue weighted by atomic mass is 10.0. The monoisotopic (exact) mass is 944 g/mol. The summed E-state index contributed by atoms with van der Waals surface area (Å²) in [5.74, 6) is -0.0920. The van der Waals surface area contributed by atoms with E-state index in [2.05, 4.69) is 43.5 Å². The minimum atomic E-state index is -0.683. The van der Waals surface area contributed by atoms with Crippen LogP contribution in [0.25, 0.3) is 0 Å². The molecular formula is C61H117NO5. The quantitative estimate of drug-likeness (QED) is 0.0321. The molecule has 0 spiro atoms. The van der Waals surface area contributed by atoms with Gasteiger partial charge in [-0.2, -0.15) is 0 Å². The lowest BCUT2D eigenvalue weighted by Gasteiger charge is -2.22. The average molecular weight is 945 g/mol. The molecule has 0 aromatic carbocycles. The number of ether oxygens (including phenoxy) is 1. The number of aliphatic hydroxyl groups excluding tert-OH is 2. The van der Waals surface area contributed by atoms with Gasteiger partial charge >= 0.3 is 5.97 Å². The van der Waals surface area contributed by atoms with Crippen molar-refractivity contribution in [2.75, 3.05) is 13.2 Å². The first kappa shape index (κ1) is 65.3. The van der Waals surface area contributed by atoms with Gasteiger partial charge in [-0.15, -0.1) is 0 Å². The first-order chi connectivity index (χ1) is 33.0. The predicted molar refractivity (Wildman–Crippen MR) is 292 cm³/mol. The van der Waals surface area contributed by atoms with Gasteiger partial charge in [0.2, 0.25) is 5.91 Å². The van der Waals surface area contributed by atoms with Crippen molar-refractivity contribution in [3.8, 4) is 0 Å². The molecule has 0 saturated carbocycles. The molecular weight excluding hydrogens is 827 g/mol. The zero-order valence-corrected chi connectivity index (χ0v) is 45.1. The van der Waals surface area contributed by atoms with Crippen molar-refractivity contribution < 1.29 is 24.5 Å². The first-order valence-electron chi connectivity index (χ1n) is 30.1. The Morgan fingerprint density at radius 2 is 0.701 bits per heavy atom. The molecule has 67 heavy (non-hydrogen) atoms. The lowest BCUT2D eigenvalue weighted by Crippen LogP contribution is -2.45. The zero-order chi connectivity index (χ0) is 48.6. The zero-order valence-electron chi connectivity index (χ0n) is 45.1. The summed E-state index contributed by atoms with van der Waals surface area (Å²) in [6.07, 6.45) is 68.9. The van der Waals surface area contributed by atoms with Crippen molar-refractivity contribution >= 4 is 11.9 Å². The molecule has 2 unspecified atom stereocenters. The van der Waals surface area contributed by atoms with Crippen molar-refractivity contribution in [1.29, 1.82) is 0 Å². The number of esters is 1. The molecule has 0 aromatic heterocycles.